The molecule has 0 aliphatic carbocycles. The normalized spacial score (nSPS) is 12.7. The topological polar surface area (TPSA) is 55.5 Å². The van der Waals surface area contributed by atoms with Gasteiger partial charge in [0.25, 0.3) is 0 Å². The first kappa shape index (κ1) is 20.7. The summed E-state index contributed by atoms with van der Waals surface area (Å²) in [4.78, 5) is 4.93. The van der Waals surface area contributed by atoms with Crippen molar-refractivity contribution in [2.45, 2.75) is 38.9 Å². The molecule has 0 aliphatic rings. The Morgan fingerprint density at radius 2 is 1.44 bits per heavy atom. The first-order chi connectivity index (χ1) is 15.2. The monoisotopic (exact) mass is 423 g/mol. The Morgan fingerprint density at radius 3 is 2.12 bits per heavy atom. The maximum Gasteiger partial charge on any atom is 0.309 e. The number of hydrogen-bond donors (Lipinski definition) is 1. The van der Waals surface area contributed by atoms with Crippen LogP contribution in [0.15, 0.2) is 77.2 Å². The molecule has 5 heteroatoms. The second kappa shape index (κ2) is 7.47. The van der Waals surface area contributed by atoms with Gasteiger partial charge in [-0.3, -0.25) is 0 Å². The van der Waals surface area contributed by atoms with Gasteiger partial charge in [-0.1, -0.05) is 72.2 Å². The van der Waals surface area contributed by atoms with Crippen molar-refractivity contribution < 1.29 is 14.2 Å². The molecular formula is C27H26BNO3. The lowest BCUT2D eigenvalue weighted by Gasteiger charge is -2.37. The van der Waals surface area contributed by atoms with Crippen molar-refractivity contribution in [2.75, 3.05) is 0 Å². The van der Waals surface area contributed by atoms with Crippen molar-refractivity contribution in [3.63, 3.8) is 0 Å². The highest BCUT2D eigenvalue weighted by Crippen LogP contribution is 2.37. The van der Waals surface area contributed by atoms with E-state index in [9.17, 15) is 5.11 Å². The van der Waals surface area contributed by atoms with Crippen molar-refractivity contribution >= 4 is 45.8 Å². The Bertz CT molecular complexity index is 1430. The third-order valence-corrected chi connectivity index (χ3v) is 6.54. The van der Waals surface area contributed by atoms with E-state index in [1.165, 1.54) is 0 Å². The van der Waals surface area contributed by atoms with E-state index in [0.29, 0.717) is 13.2 Å². The molecule has 2 heterocycles. The predicted octanol–water partition coefficient (Wildman–Crippen LogP) is 5.34. The van der Waals surface area contributed by atoms with Crippen LogP contribution in [0.3, 0.4) is 0 Å². The van der Waals surface area contributed by atoms with Gasteiger partial charge in [0, 0.05) is 16.3 Å². The number of para-hydroxylation sites is 1. The number of rotatable bonds is 5. The van der Waals surface area contributed by atoms with Crippen LogP contribution in [-0.2, 0) is 4.65 Å². The number of furan rings is 1. The Kier molecular flexibility index (Phi) is 4.84. The van der Waals surface area contributed by atoms with E-state index in [1.807, 2.05) is 38.1 Å². The number of nitrogens with zero attached hydrogens (tertiary/aromatic N) is 1. The van der Waals surface area contributed by atoms with Gasteiger partial charge in [0.05, 0.1) is 22.3 Å². The lowest BCUT2D eigenvalue weighted by Crippen LogP contribution is -2.49. The highest BCUT2D eigenvalue weighted by atomic mass is 16.5. The minimum absolute atomic E-state index is 0.425. The molecule has 1 N–H and O–H groups in total. The summed E-state index contributed by atoms with van der Waals surface area (Å²) in [5.41, 5.74) is 2.87. The zero-order valence-corrected chi connectivity index (χ0v) is 18.8. The lowest BCUT2D eigenvalue weighted by atomic mass is 9.82. The van der Waals surface area contributed by atoms with Crippen LogP contribution < -0.4 is 5.46 Å². The quantitative estimate of drug-likeness (QED) is 0.388. The molecule has 5 rings (SSSR count). The predicted molar refractivity (Wildman–Crippen MR) is 133 cm³/mol. The summed E-state index contributed by atoms with van der Waals surface area (Å²) in [5.74, 6) is 0. The average Bonchev–Trinajstić information content (AvgIpc) is 3.15. The van der Waals surface area contributed by atoms with Gasteiger partial charge < -0.3 is 14.2 Å². The standard InChI is InChI=1S/C27H26BNO3/c1-26(2,30)27(3,4)32-28-18-15-13-17(14-16-18)24-20-10-6-5-9-19(20)23-21-11-7-8-12-22(21)31-25(23)29-24/h5-16,28,30H,1-4H3. The molecular weight excluding hydrogens is 397 g/mol. The maximum absolute atomic E-state index is 10.3. The fraction of sp³-hybridized carbons (Fsp3) is 0.222. The van der Waals surface area contributed by atoms with Crippen LogP contribution in [0.4, 0.5) is 0 Å². The number of pyridine rings is 1. The third-order valence-electron chi connectivity index (χ3n) is 6.54. The number of benzene rings is 3. The van der Waals surface area contributed by atoms with Crippen LogP contribution >= 0.6 is 0 Å². The summed E-state index contributed by atoms with van der Waals surface area (Å²) in [5, 5.41) is 14.7. The molecule has 4 nitrogen and oxygen atoms in total. The van der Waals surface area contributed by atoms with E-state index in [2.05, 4.69) is 48.5 Å². The van der Waals surface area contributed by atoms with Gasteiger partial charge in [-0.05, 0) is 39.1 Å². The smallest absolute Gasteiger partial charge is 0.309 e. The van der Waals surface area contributed by atoms with E-state index in [1.54, 1.807) is 13.8 Å². The molecule has 0 bridgehead atoms. The molecule has 0 unspecified atom stereocenters. The molecule has 5 aromatic rings. The van der Waals surface area contributed by atoms with Gasteiger partial charge in [0.2, 0.25) is 5.71 Å². The second-order valence-corrected chi connectivity index (χ2v) is 9.34. The Balaban J connectivity index is 1.55. The lowest BCUT2D eigenvalue weighted by molar-refractivity contribution is -0.0893. The number of fused-ring (bicyclic) bond motifs is 5. The molecule has 0 spiro atoms. The Morgan fingerprint density at radius 1 is 0.812 bits per heavy atom. The van der Waals surface area contributed by atoms with E-state index < -0.39 is 11.2 Å². The number of aromatic nitrogens is 1. The van der Waals surface area contributed by atoms with E-state index in [0.717, 1.165) is 43.8 Å². The number of hydrogen-bond acceptors (Lipinski definition) is 4. The van der Waals surface area contributed by atoms with Crippen LogP contribution in [0, 0.1) is 0 Å². The minimum atomic E-state index is -0.933. The van der Waals surface area contributed by atoms with Gasteiger partial charge in [0.1, 0.15) is 5.58 Å². The van der Waals surface area contributed by atoms with E-state index in [4.69, 9.17) is 14.1 Å². The maximum atomic E-state index is 10.3. The Labute approximate surface area is 188 Å². The second-order valence-electron chi connectivity index (χ2n) is 9.34. The van der Waals surface area contributed by atoms with Crippen LogP contribution in [0.1, 0.15) is 27.7 Å². The molecule has 0 amide bonds. The van der Waals surface area contributed by atoms with Crippen LogP contribution in [0.25, 0.3) is 44.1 Å². The largest absolute Gasteiger partial charge is 0.438 e. The molecule has 160 valence electrons. The summed E-state index contributed by atoms with van der Waals surface area (Å²) in [6.07, 6.45) is 0. The Hall–Kier alpha value is -3.15. The van der Waals surface area contributed by atoms with E-state index >= 15 is 0 Å². The molecule has 0 radical (unpaired) electrons. The molecule has 0 fully saturated rings. The molecule has 0 aliphatic heterocycles. The molecule has 0 saturated carbocycles. The molecule has 2 aromatic heterocycles. The fourth-order valence-corrected chi connectivity index (χ4v) is 3.86. The van der Waals surface area contributed by atoms with Gasteiger partial charge in [-0.2, -0.15) is 0 Å². The van der Waals surface area contributed by atoms with Gasteiger partial charge in [0.15, 0.2) is 0 Å². The summed E-state index contributed by atoms with van der Waals surface area (Å²) >= 11 is 0. The zero-order chi connectivity index (χ0) is 22.5. The molecule has 32 heavy (non-hydrogen) atoms. The van der Waals surface area contributed by atoms with Crippen LogP contribution in [0.2, 0.25) is 0 Å². The first-order valence-corrected chi connectivity index (χ1v) is 10.9. The fourth-order valence-electron chi connectivity index (χ4n) is 3.86. The molecule has 3 aromatic carbocycles. The third kappa shape index (κ3) is 3.48. The molecule has 0 saturated heterocycles. The van der Waals surface area contributed by atoms with Crippen molar-refractivity contribution in [3.05, 3.63) is 72.8 Å². The van der Waals surface area contributed by atoms with Gasteiger partial charge >= 0.3 is 7.48 Å². The summed E-state index contributed by atoms with van der Waals surface area (Å²) < 4.78 is 12.1. The van der Waals surface area contributed by atoms with Crippen molar-refractivity contribution in [1.82, 2.24) is 4.98 Å². The summed E-state index contributed by atoms with van der Waals surface area (Å²) in [6.45, 7) is 7.34. The number of aliphatic hydroxyl groups is 1. The summed E-state index contributed by atoms with van der Waals surface area (Å²) in [6, 6.07) is 24.7. The molecule has 0 atom stereocenters. The van der Waals surface area contributed by atoms with E-state index in [-0.39, 0.29) is 0 Å². The average molecular weight is 423 g/mol. The summed E-state index contributed by atoms with van der Waals surface area (Å²) in [7, 11) is 0.425. The minimum Gasteiger partial charge on any atom is -0.438 e. The van der Waals surface area contributed by atoms with Crippen molar-refractivity contribution in [1.29, 1.82) is 0 Å². The highest BCUT2D eigenvalue weighted by Gasteiger charge is 2.35. The first-order valence-electron chi connectivity index (χ1n) is 10.9. The van der Waals surface area contributed by atoms with Gasteiger partial charge in [-0.25, -0.2) is 4.98 Å². The van der Waals surface area contributed by atoms with Crippen molar-refractivity contribution in [2.24, 2.45) is 0 Å². The zero-order valence-electron chi connectivity index (χ0n) is 18.8. The van der Waals surface area contributed by atoms with Crippen LogP contribution in [0.5, 0.6) is 0 Å². The van der Waals surface area contributed by atoms with Crippen LogP contribution in [-0.4, -0.2) is 28.8 Å². The van der Waals surface area contributed by atoms with Crippen molar-refractivity contribution in [3.8, 4) is 11.3 Å². The van der Waals surface area contributed by atoms with Gasteiger partial charge in [-0.15, -0.1) is 0 Å². The highest BCUT2D eigenvalue weighted by molar-refractivity contribution is 6.47. The SMILES string of the molecule is CC(C)(O)C(C)(C)OBc1ccc(-c2nc3oc4ccccc4c3c3ccccc23)cc1.